The summed E-state index contributed by atoms with van der Waals surface area (Å²) < 4.78 is 25.0. The van der Waals surface area contributed by atoms with Gasteiger partial charge in [-0.15, -0.1) is 10.2 Å². The Kier molecular flexibility index (Phi) is 7.01. The first-order valence-electron chi connectivity index (χ1n) is 7.94. The van der Waals surface area contributed by atoms with E-state index in [2.05, 4.69) is 29.4 Å². The third-order valence-corrected chi connectivity index (χ3v) is 6.67. The van der Waals surface area contributed by atoms with Gasteiger partial charge in [0, 0.05) is 19.2 Å². The maximum Gasteiger partial charge on any atom is 0.231 e. The number of rotatable bonds is 9. The highest BCUT2D eigenvalue weighted by atomic mass is 32.2. The van der Waals surface area contributed by atoms with Crippen molar-refractivity contribution in [1.82, 2.24) is 10.2 Å². The Labute approximate surface area is 162 Å². The topological polar surface area (TPSA) is 92.3 Å². The number of carbonyl (C=O) groups excluding carboxylic acids is 1. The van der Waals surface area contributed by atoms with Crippen molar-refractivity contribution in [1.29, 1.82) is 0 Å². The molecule has 0 saturated carbocycles. The summed E-state index contributed by atoms with van der Waals surface area (Å²) in [5, 5.41) is 12.1. The molecule has 0 aliphatic rings. The summed E-state index contributed by atoms with van der Waals surface area (Å²) in [4.78, 5) is 12.3. The lowest BCUT2D eigenvalue weighted by atomic mass is 10.1. The molecule has 0 aliphatic carbocycles. The molecule has 1 heterocycles. The van der Waals surface area contributed by atoms with E-state index in [-0.39, 0.29) is 11.5 Å². The van der Waals surface area contributed by atoms with E-state index in [1.165, 1.54) is 34.5 Å². The average Bonchev–Trinajstić information content (AvgIpc) is 3.04. The van der Waals surface area contributed by atoms with Crippen LogP contribution in [0.1, 0.15) is 24.2 Å². The molecule has 142 valence electrons. The third kappa shape index (κ3) is 5.96. The second kappa shape index (κ2) is 8.83. The Morgan fingerprint density at radius 3 is 2.50 bits per heavy atom. The molecule has 0 bridgehead atoms. The predicted octanol–water partition coefficient (Wildman–Crippen LogP) is 2.98. The number of benzene rings is 1. The summed E-state index contributed by atoms with van der Waals surface area (Å²) in [7, 11) is -1.84. The number of thioether (sulfide) groups is 1. The van der Waals surface area contributed by atoms with Gasteiger partial charge in [-0.05, 0) is 30.2 Å². The van der Waals surface area contributed by atoms with Crippen LogP contribution in [-0.4, -0.2) is 50.0 Å². The van der Waals surface area contributed by atoms with Crippen LogP contribution < -0.4 is 9.62 Å². The maximum atomic E-state index is 12.3. The number of sulfonamides is 1. The predicted molar refractivity (Wildman–Crippen MR) is 108 cm³/mol. The summed E-state index contributed by atoms with van der Waals surface area (Å²) in [5.41, 5.74) is 1.05. The first-order chi connectivity index (χ1) is 12.2. The van der Waals surface area contributed by atoms with Gasteiger partial charge < -0.3 is 5.32 Å². The van der Waals surface area contributed by atoms with Gasteiger partial charge in [0.25, 0.3) is 0 Å². The quantitative estimate of drug-likeness (QED) is 0.498. The SMILES string of the molecule is CC(C)CNc1nnc(SCC(=O)c2ccc(N(C)S(C)(=O)=O)cc2)s1. The third-order valence-electron chi connectivity index (χ3n) is 3.45. The molecule has 0 radical (unpaired) electrons. The van der Waals surface area contributed by atoms with Gasteiger partial charge in [-0.1, -0.05) is 36.9 Å². The first-order valence-corrected chi connectivity index (χ1v) is 11.6. The largest absolute Gasteiger partial charge is 0.360 e. The number of hydrogen-bond donors (Lipinski definition) is 1. The van der Waals surface area contributed by atoms with E-state index in [0.717, 1.165) is 22.3 Å². The Hall–Kier alpha value is -1.65. The number of nitrogens with one attached hydrogen (secondary N) is 1. The normalized spacial score (nSPS) is 11.6. The number of Topliss-reactive ketones (excluding diaryl/α,β-unsaturated/α-hetero) is 1. The molecule has 1 aromatic carbocycles. The van der Waals surface area contributed by atoms with E-state index < -0.39 is 10.0 Å². The van der Waals surface area contributed by atoms with Crippen LogP contribution in [-0.2, 0) is 10.0 Å². The zero-order valence-corrected chi connectivity index (χ0v) is 17.5. The molecule has 0 spiro atoms. The number of ketones is 1. The Bertz CT molecular complexity index is 848. The zero-order chi connectivity index (χ0) is 19.3. The molecule has 10 heteroatoms. The summed E-state index contributed by atoms with van der Waals surface area (Å²) >= 11 is 2.77. The van der Waals surface area contributed by atoms with Crippen LogP contribution >= 0.6 is 23.1 Å². The smallest absolute Gasteiger partial charge is 0.231 e. The standard InChI is InChI=1S/C16H22N4O3S3/c1-11(2)9-17-15-18-19-16(25-15)24-10-14(21)12-5-7-13(8-6-12)20(3)26(4,22)23/h5-8,11H,9-10H2,1-4H3,(H,17,18). The summed E-state index contributed by atoms with van der Waals surface area (Å²) in [6.07, 6.45) is 1.13. The Morgan fingerprint density at radius 1 is 1.27 bits per heavy atom. The molecule has 1 aromatic heterocycles. The molecule has 1 N–H and O–H groups in total. The monoisotopic (exact) mass is 414 g/mol. The fraction of sp³-hybridized carbons (Fsp3) is 0.438. The van der Waals surface area contributed by atoms with Crippen molar-refractivity contribution in [3.8, 4) is 0 Å². The van der Waals surface area contributed by atoms with Crippen LogP contribution in [0.2, 0.25) is 0 Å². The van der Waals surface area contributed by atoms with Gasteiger partial charge in [-0.3, -0.25) is 9.10 Å². The summed E-state index contributed by atoms with van der Waals surface area (Å²) in [5.74, 6) is 0.719. The number of nitrogens with zero attached hydrogens (tertiary/aromatic N) is 3. The molecule has 0 atom stereocenters. The lowest BCUT2D eigenvalue weighted by Crippen LogP contribution is -2.24. The number of aromatic nitrogens is 2. The molecule has 7 nitrogen and oxygen atoms in total. The fourth-order valence-electron chi connectivity index (χ4n) is 1.89. The Morgan fingerprint density at radius 2 is 1.92 bits per heavy atom. The van der Waals surface area contributed by atoms with Gasteiger partial charge in [0.2, 0.25) is 15.2 Å². The number of carbonyl (C=O) groups is 1. The van der Waals surface area contributed by atoms with Crippen LogP contribution in [0.5, 0.6) is 0 Å². The van der Waals surface area contributed by atoms with Crippen molar-refractivity contribution < 1.29 is 13.2 Å². The second-order valence-electron chi connectivity index (χ2n) is 6.14. The highest BCUT2D eigenvalue weighted by Gasteiger charge is 2.14. The molecule has 0 saturated heterocycles. The van der Waals surface area contributed by atoms with Gasteiger partial charge in [-0.2, -0.15) is 0 Å². The van der Waals surface area contributed by atoms with Gasteiger partial charge in [-0.25, -0.2) is 8.42 Å². The molecule has 2 aromatic rings. The molecular formula is C16H22N4O3S3. The van der Waals surface area contributed by atoms with Crippen molar-refractivity contribution in [3.05, 3.63) is 29.8 Å². The zero-order valence-electron chi connectivity index (χ0n) is 15.1. The van der Waals surface area contributed by atoms with Crippen LogP contribution in [0, 0.1) is 5.92 Å². The summed E-state index contributed by atoms with van der Waals surface area (Å²) in [6, 6.07) is 6.51. The van der Waals surface area contributed by atoms with Gasteiger partial charge in [0.15, 0.2) is 10.1 Å². The minimum absolute atomic E-state index is 0.0459. The Balaban J connectivity index is 1.92. The summed E-state index contributed by atoms with van der Waals surface area (Å²) in [6.45, 7) is 5.05. The molecule has 0 aliphatic heterocycles. The molecule has 2 rings (SSSR count). The van der Waals surface area contributed by atoms with Gasteiger partial charge in [0.05, 0.1) is 17.7 Å². The van der Waals surface area contributed by atoms with Crippen molar-refractivity contribution in [2.75, 3.05) is 35.2 Å². The lowest BCUT2D eigenvalue weighted by molar-refractivity contribution is 0.102. The van der Waals surface area contributed by atoms with E-state index in [1.54, 1.807) is 24.3 Å². The fourth-order valence-corrected chi connectivity index (χ4v) is 4.05. The molecule has 26 heavy (non-hydrogen) atoms. The molecule has 0 fully saturated rings. The molecule has 0 unspecified atom stereocenters. The van der Waals surface area contributed by atoms with Crippen molar-refractivity contribution >= 4 is 49.7 Å². The van der Waals surface area contributed by atoms with E-state index in [1.807, 2.05) is 0 Å². The van der Waals surface area contributed by atoms with E-state index in [9.17, 15) is 13.2 Å². The van der Waals surface area contributed by atoms with Crippen molar-refractivity contribution in [2.24, 2.45) is 5.92 Å². The highest BCUT2D eigenvalue weighted by Crippen LogP contribution is 2.26. The highest BCUT2D eigenvalue weighted by molar-refractivity contribution is 8.01. The minimum Gasteiger partial charge on any atom is -0.360 e. The van der Waals surface area contributed by atoms with Crippen molar-refractivity contribution in [2.45, 2.75) is 18.2 Å². The minimum atomic E-state index is -3.32. The van der Waals surface area contributed by atoms with Crippen molar-refractivity contribution in [3.63, 3.8) is 0 Å². The number of anilines is 2. The van der Waals surface area contributed by atoms with Crippen LogP contribution in [0.3, 0.4) is 0 Å². The van der Waals surface area contributed by atoms with Gasteiger partial charge >= 0.3 is 0 Å². The van der Waals surface area contributed by atoms with E-state index in [4.69, 9.17) is 0 Å². The average molecular weight is 415 g/mol. The maximum absolute atomic E-state index is 12.3. The number of hydrogen-bond acceptors (Lipinski definition) is 8. The second-order valence-corrected chi connectivity index (χ2v) is 10.4. The van der Waals surface area contributed by atoms with Crippen LogP contribution in [0.25, 0.3) is 0 Å². The van der Waals surface area contributed by atoms with Crippen LogP contribution in [0.15, 0.2) is 28.6 Å². The molecule has 0 amide bonds. The first kappa shape index (κ1) is 20.7. The van der Waals surface area contributed by atoms with Crippen LogP contribution in [0.4, 0.5) is 10.8 Å². The van der Waals surface area contributed by atoms with Gasteiger partial charge in [0.1, 0.15) is 0 Å². The molecular weight excluding hydrogens is 392 g/mol. The lowest BCUT2D eigenvalue weighted by Gasteiger charge is -2.16. The van der Waals surface area contributed by atoms with E-state index in [0.29, 0.717) is 17.2 Å². The van der Waals surface area contributed by atoms with E-state index >= 15 is 0 Å².